The molecule has 9 atom stereocenters. The summed E-state index contributed by atoms with van der Waals surface area (Å²) in [5.74, 6) is -4.58. The Balaban J connectivity index is 1.71. The minimum absolute atomic E-state index is 0.0570. The molecule has 1 aromatic rings. The largest absolute Gasteiger partial charge is 0.462 e. The normalized spacial score (nSPS) is 41.1. The third-order valence-electron chi connectivity index (χ3n) is 10.5. The SMILES string of the molecule is CC(=O)O[C@H]1C[C@H]2OC[C@@]2(OC(C)=O)C2[C@H](OC(=O)c3ccccc3)[C@]3(C(C)(C)O)C[C@H](O)C(C)=C3[C@@]3(O)C(=O)OC[C@]213. The van der Waals surface area contributed by atoms with Gasteiger partial charge in [0, 0.05) is 20.3 Å². The number of fused-ring (bicyclic) bond motifs is 4. The van der Waals surface area contributed by atoms with Crippen molar-refractivity contribution in [2.75, 3.05) is 13.2 Å². The zero-order chi connectivity index (χ0) is 31.3. The number of cyclic esters (lactones) is 1. The summed E-state index contributed by atoms with van der Waals surface area (Å²) >= 11 is 0. The predicted octanol–water partition coefficient (Wildman–Crippen LogP) is 0.991. The lowest BCUT2D eigenvalue weighted by Gasteiger charge is -2.70. The van der Waals surface area contributed by atoms with Crippen molar-refractivity contribution in [3.8, 4) is 0 Å². The van der Waals surface area contributed by atoms with E-state index in [-0.39, 0.29) is 36.2 Å². The van der Waals surface area contributed by atoms with Gasteiger partial charge in [-0.2, -0.15) is 0 Å². The van der Waals surface area contributed by atoms with Crippen LogP contribution in [0.4, 0.5) is 0 Å². The number of ether oxygens (including phenoxy) is 5. The molecule has 4 fully saturated rings. The van der Waals surface area contributed by atoms with Gasteiger partial charge in [0.25, 0.3) is 0 Å². The van der Waals surface area contributed by atoms with Crippen molar-refractivity contribution in [1.82, 2.24) is 0 Å². The van der Waals surface area contributed by atoms with Gasteiger partial charge in [-0.15, -0.1) is 0 Å². The van der Waals surface area contributed by atoms with Crippen molar-refractivity contribution >= 4 is 23.9 Å². The molecule has 1 spiro atoms. The molecule has 2 aliphatic heterocycles. The number of rotatable bonds is 5. The number of carbonyl (C=O) groups is 4. The average molecular weight is 601 g/mol. The first-order chi connectivity index (χ1) is 20.1. The highest BCUT2D eigenvalue weighted by molar-refractivity contribution is 5.91. The number of carbonyl (C=O) groups excluding carboxylic acids is 4. The van der Waals surface area contributed by atoms with Crippen molar-refractivity contribution in [2.45, 2.75) is 88.7 Å². The maximum atomic E-state index is 13.9. The van der Waals surface area contributed by atoms with Crippen LogP contribution in [0, 0.1) is 16.7 Å². The second kappa shape index (κ2) is 9.34. The molecule has 0 amide bonds. The Morgan fingerprint density at radius 2 is 1.72 bits per heavy atom. The molecule has 43 heavy (non-hydrogen) atoms. The van der Waals surface area contributed by atoms with Crippen molar-refractivity contribution in [3.63, 3.8) is 0 Å². The molecule has 0 bridgehead atoms. The number of hydrogen-bond acceptors (Lipinski definition) is 12. The predicted molar refractivity (Wildman–Crippen MR) is 144 cm³/mol. The molecular formula is C31H36O12. The Bertz CT molecular complexity index is 1430. The molecule has 0 aromatic heterocycles. The van der Waals surface area contributed by atoms with E-state index in [0.29, 0.717) is 0 Å². The number of aliphatic hydroxyl groups excluding tert-OH is 1. The van der Waals surface area contributed by atoms with Crippen LogP contribution in [0.25, 0.3) is 0 Å². The topological polar surface area (TPSA) is 175 Å². The number of esters is 4. The van der Waals surface area contributed by atoms with Crippen molar-refractivity contribution in [2.24, 2.45) is 16.7 Å². The summed E-state index contributed by atoms with van der Waals surface area (Å²) in [7, 11) is 0. The molecule has 2 saturated carbocycles. The van der Waals surface area contributed by atoms with E-state index >= 15 is 0 Å². The molecule has 1 aromatic carbocycles. The van der Waals surface area contributed by atoms with Crippen molar-refractivity contribution < 1.29 is 58.2 Å². The first-order valence-electron chi connectivity index (χ1n) is 14.3. The van der Waals surface area contributed by atoms with E-state index in [4.69, 9.17) is 23.7 Å². The fourth-order valence-corrected chi connectivity index (χ4v) is 8.89. The summed E-state index contributed by atoms with van der Waals surface area (Å²) < 4.78 is 29.7. The fraction of sp³-hybridized carbons (Fsp3) is 0.613. The molecule has 12 nitrogen and oxygen atoms in total. The molecule has 2 heterocycles. The highest BCUT2D eigenvalue weighted by Gasteiger charge is 2.89. The van der Waals surface area contributed by atoms with Crippen LogP contribution in [0.15, 0.2) is 41.5 Å². The van der Waals surface area contributed by atoms with Gasteiger partial charge in [0.15, 0.2) is 11.2 Å². The summed E-state index contributed by atoms with van der Waals surface area (Å²) in [5, 5.41) is 36.3. The highest BCUT2D eigenvalue weighted by Crippen LogP contribution is 2.75. The van der Waals surface area contributed by atoms with Crippen molar-refractivity contribution in [1.29, 1.82) is 0 Å². The third kappa shape index (κ3) is 3.57. The van der Waals surface area contributed by atoms with Gasteiger partial charge >= 0.3 is 23.9 Å². The van der Waals surface area contributed by atoms with Gasteiger partial charge < -0.3 is 39.0 Å². The minimum Gasteiger partial charge on any atom is -0.462 e. The molecule has 5 aliphatic rings. The van der Waals surface area contributed by atoms with Gasteiger partial charge in [-0.25, -0.2) is 9.59 Å². The lowest BCUT2D eigenvalue weighted by atomic mass is 9.38. The number of hydrogen-bond donors (Lipinski definition) is 3. The highest BCUT2D eigenvalue weighted by atomic mass is 16.6. The number of aliphatic hydroxyl groups is 3. The van der Waals surface area contributed by atoms with Gasteiger partial charge in [-0.3, -0.25) is 9.59 Å². The molecule has 3 aliphatic carbocycles. The maximum Gasteiger partial charge on any atom is 0.343 e. The van der Waals surface area contributed by atoms with E-state index in [1.54, 1.807) is 30.3 Å². The van der Waals surface area contributed by atoms with Crippen LogP contribution in [-0.4, -0.2) is 93.6 Å². The van der Waals surface area contributed by atoms with Gasteiger partial charge in [0.1, 0.15) is 24.9 Å². The second-order valence-electron chi connectivity index (χ2n) is 13.0. The smallest absolute Gasteiger partial charge is 0.343 e. The van der Waals surface area contributed by atoms with E-state index in [1.807, 2.05) is 0 Å². The van der Waals surface area contributed by atoms with Crippen LogP contribution in [0.3, 0.4) is 0 Å². The first kappa shape index (κ1) is 29.7. The Labute approximate surface area is 247 Å². The van der Waals surface area contributed by atoms with E-state index < -0.39 is 88.5 Å². The molecule has 0 radical (unpaired) electrons. The first-order valence-corrected chi connectivity index (χ1v) is 14.3. The monoisotopic (exact) mass is 600 g/mol. The van der Waals surface area contributed by atoms with Gasteiger partial charge in [-0.1, -0.05) is 18.2 Å². The molecule has 3 N–H and O–H groups in total. The van der Waals surface area contributed by atoms with E-state index in [2.05, 4.69) is 0 Å². The second-order valence-corrected chi connectivity index (χ2v) is 13.0. The van der Waals surface area contributed by atoms with Gasteiger partial charge in [0.2, 0.25) is 0 Å². The lowest BCUT2D eigenvalue weighted by Crippen LogP contribution is -2.85. The summed E-state index contributed by atoms with van der Waals surface area (Å²) in [4.78, 5) is 53.0. The summed E-state index contributed by atoms with van der Waals surface area (Å²) in [6.07, 6.45) is -5.15. The quantitative estimate of drug-likeness (QED) is 0.249. The van der Waals surface area contributed by atoms with Crippen LogP contribution < -0.4 is 0 Å². The van der Waals surface area contributed by atoms with E-state index in [1.165, 1.54) is 34.6 Å². The Hall–Kier alpha value is -3.32. The molecule has 2 saturated heterocycles. The van der Waals surface area contributed by atoms with Crippen LogP contribution in [0.5, 0.6) is 0 Å². The van der Waals surface area contributed by atoms with Crippen LogP contribution >= 0.6 is 0 Å². The minimum atomic E-state index is -2.58. The zero-order valence-electron chi connectivity index (χ0n) is 24.6. The molecule has 1 unspecified atom stereocenters. The zero-order valence-corrected chi connectivity index (χ0v) is 24.6. The molecule has 6 rings (SSSR count). The van der Waals surface area contributed by atoms with Gasteiger partial charge in [0.05, 0.1) is 40.6 Å². The Morgan fingerprint density at radius 3 is 2.28 bits per heavy atom. The Kier molecular flexibility index (Phi) is 6.46. The molecular weight excluding hydrogens is 564 g/mol. The summed E-state index contributed by atoms with van der Waals surface area (Å²) in [6.45, 7) is 6.11. The summed E-state index contributed by atoms with van der Waals surface area (Å²) in [5.41, 5.74) is -9.37. The standard InChI is InChI=1S/C31H36O12/c1-15-19(34)12-28(27(4,5)37)22(15)31(38)26(36)40-13-29(31)20(41-16(2)32)11-21-30(14-39-21,43-17(3)33)23(29)24(28)42-25(35)18-9-7-6-8-10-18/h6-10,19-21,23-24,34,37-38H,11-14H2,1-5H3/t19-,20-,21+,23?,24-,28-,29+,30-,31+/m0/s1. The third-order valence-corrected chi connectivity index (χ3v) is 10.5. The average Bonchev–Trinajstić information content (AvgIpc) is 3.35. The van der Waals surface area contributed by atoms with Crippen LogP contribution in [0.1, 0.15) is 57.8 Å². The molecule has 12 heteroatoms. The van der Waals surface area contributed by atoms with Crippen molar-refractivity contribution in [3.05, 3.63) is 47.0 Å². The number of benzene rings is 1. The maximum absolute atomic E-state index is 13.9. The van der Waals surface area contributed by atoms with Crippen LogP contribution in [-0.2, 0) is 38.1 Å². The molecule has 232 valence electrons. The van der Waals surface area contributed by atoms with Crippen LogP contribution in [0.2, 0.25) is 0 Å². The van der Waals surface area contributed by atoms with E-state index in [9.17, 15) is 34.5 Å². The van der Waals surface area contributed by atoms with Gasteiger partial charge in [-0.05, 0) is 50.5 Å². The Morgan fingerprint density at radius 1 is 1.05 bits per heavy atom. The van der Waals surface area contributed by atoms with E-state index in [0.717, 1.165) is 0 Å². The lowest BCUT2D eigenvalue weighted by molar-refractivity contribution is -0.369. The summed E-state index contributed by atoms with van der Waals surface area (Å²) in [6, 6.07) is 8.11. The fourth-order valence-electron chi connectivity index (χ4n) is 8.89.